The summed E-state index contributed by atoms with van der Waals surface area (Å²) in [7, 11) is 0. The van der Waals surface area contributed by atoms with E-state index in [4.69, 9.17) is 4.74 Å². The van der Waals surface area contributed by atoms with Gasteiger partial charge in [-0.2, -0.15) is 0 Å². The molecule has 2 saturated carbocycles. The van der Waals surface area contributed by atoms with Crippen molar-refractivity contribution in [3.8, 4) is 0 Å². The molecule has 132 valence electrons. The average Bonchev–Trinajstić information content (AvgIpc) is 2.47. The highest BCUT2D eigenvalue weighted by molar-refractivity contribution is 5.82. The molecule has 2 aliphatic rings. The smallest absolute Gasteiger partial charge is 0.330 e. The van der Waals surface area contributed by atoms with Gasteiger partial charge < -0.3 is 9.84 Å². The van der Waals surface area contributed by atoms with Crippen molar-refractivity contribution in [2.24, 2.45) is 17.3 Å². The quantitative estimate of drug-likeness (QED) is 0.606. The molecule has 0 atom stereocenters. The second-order valence-electron chi connectivity index (χ2n) is 8.46. The van der Waals surface area contributed by atoms with E-state index in [-0.39, 0.29) is 18.2 Å². The van der Waals surface area contributed by atoms with Crippen LogP contribution in [0.3, 0.4) is 0 Å². The Bertz CT molecular complexity index is 418. The Morgan fingerprint density at radius 2 is 1.43 bits per heavy atom. The van der Waals surface area contributed by atoms with E-state index < -0.39 is 0 Å². The largest absolute Gasteiger partial charge is 0.459 e. The van der Waals surface area contributed by atoms with Crippen LogP contribution < -0.4 is 0 Å². The molecule has 2 aliphatic carbocycles. The van der Waals surface area contributed by atoms with Crippen LogP contribution in [-0.4, -0.2) is 23.3 Å². The summed E-state index contributed by atoms with van der Waals surface area (Å²) in [5.74, 6) is 1.25. The fraction of sp³-hybridized carbons (Fsp3) is 0.850. The second-order valence-corrected chi connectivity index (χ2v) is 8.46. The van der Waals surface area contributed by atoms with Gasteiger partial charge in [0, 0.05) is 6.08 Å². The van der Waals surface area contributed by atoms with Gasteiger partial charge in [0.1, 0.15) is 6.10 Å². The third kappa shape index (κ3) is 5.07. The molecule has 0 saturated heterocycles. The van der Waals surface area contributed by atoms with E-state index in [1.807, 2.05) is 13.8 Å². The van der Waals surface area contributed by atoms with Crippen LogP contribution in [-0.2, 0) is 9.53 Å². The molecular weight excluding hydrogens is 288 g/mol. The van der Waals surface area contributed by atoms with Crippen LogP contribution in [0, 0.1) is 17.3 Å². The molecule has 3 heteroatoms. The molecule has 0 aromatic heterocycles. The topological polar surface area (TPSA) is 46.5 Å². The van der Waals surface area contributed by atoms with Crippen molar-refractivity contribution in [3.63, 3.8) is 0 Å². The van der Waals surface area contributed by atoms with Gasteiger partial charge in [0.2, 0.25) is 0 Å². The number of allylic oxidation sites excluding steroid dienone is 1. The molecule has 23 heavy (non-hydrogen) atoms. The first-order chi connectivity index (χ1) is 10.8. The number of ether oxygens (including phenoxy) is 1. The van der Waals surface area contributed by atoms with Gasteiger partial charge in [0.05, 0.1) is 6.10 Å². The van der Waals surface area contributed by atoms with E-state index in [0.717, 1.165) is 62.9 Å². The number of aliphatic hydroxyl groups excluding tert-OH is 1. The number of rotatable bonds is 4. The first-order valence-corrected chi connectivity index (χ1v) is 9.32. The average molecular weight is 322 g/mol. The van der Waals surface area contributed by atoms with Crippen molar-refractivity contribution in [2.75, 3.05) is 0 Å². The van der Waals surface area contributed by atoms with Crippen LogP contribution in [0.15, 0.2) is 11.6 Å². The predicted octanol–water partition coefficient (Wildman–Crippen LogP) is 4.63. The maximum atomic E-state index is 11.8. The summed E-state index contributed by atoms with van der Waals surface area (Å²) in [6, 6.07) is 0. The molecule has 0 radical (unpaired) electrons. The maximum absolute atomic E-state index is 11.8. The summed E-state index contributed by atoms with van der Waals surface area (Å²) in [4.78, 5) is 11.8. The van der Waals surface area contributed by atoms with Gasteiger partial charge in [-0.25, -0.2) is 4.79 Å². The van der Waals surface area contributed by atoms with Gasteiger partial charge in [-0.1, -0.05) is 19.4 Å². The van der Waals surface area contributed by atoms with Crippen molar-refractivity contribution in [3.05, 3.63) is 11.6 Å². The standard InChI is InChI=1S/C20H34O3/c1-14(2)13-19(22)23-18-11-7-16(8-12-18)20(3,4)15-5-9-17(21)10-6-15/h13,15-18,21H,5-12H2,1-4H3. The zero-order chi connectivity index (χ0) is 17.0. The van der Waals surface area contributed by atoms with Crippen LogP contribution in [0.25, 0.3) is 0 Å². The normalized spacial score (nSPS) is 32.2. The molecule has 2 fully saturated rings. The lowest BCUT2D eigenvalue weighted by molar-refractivity contribution is -0.145. The minimum Gasteiger partial charge on any atom is -0.459 e. The second kappa shape index (κ2) is 7.83. The monoisotopic (exact) mass is 322 g/mol. The molecule has 0 bridgehead atoms. The summed E-state index contributed by atoms with van der Waals surface area (Å²) in [5, 5.41) is 9.73. The Kier molecular flexibility index (Phi) is 6.30. The van der Waals surface area contributed by atoms with Gasteiger partial charge in [0.15, 0.2) is 0 Å². The summed E-state index contributed by atoms with van der Waals surface area (Å²) in [6.07, 6.45) is 10.1. The lowest BCUT2D eigenvalue weighted by Gasteiger charge is -2.46. The van der Waals surface area contributed by atoms with Crippen molar-refractivity contribution < 1.29 is 14.6 Å². The van der Waals surface area contributed by atoms with E-state index in [9.17, 15) is 9.90 Å². The Hall–Kier alpha value is -0.830. The van der Waals surface area contributed by atoms with Crippen LogP contribution in [0.2, 0.25) is 0 Å². The summed E-state index contributed by atoms with van der Waals surface area (Å²) >= 11 is 0. The van der Waals surface area contributed by atoms with Crippen molar-refractivity contribution in [2.45, 2.75) is 91.3 Å². The molecule has 1 N–H and O–H groups in total. The van der Waals surface area contributed by atoms with Crippen molar-refractivity contribution >= 4 is 5.97 Å². The number of esters is 1. The minimum absolute atomic E-state index is 0.0766. The summed E-state index contributed by atoms with van der Waals surface area (Å²) in [5.41, 5.74) is 1.32. The van der Waals surface area contributed by atoms with Gasteiger partial charge in [-0.05, 0) is 82.5 Å². The molecule has 0 spiro atoms. The van der Waals surface area contributed by atoms with Crippen molar-refractivity contribution in [1.29, 1.82) is 0 Å². The van der Waals surface area contributed by atoms with Crippen molar-refractivity contribution in [1.82, 2.24) is 0 Å². The Morgan fingerprint density at radius 3 is 1.91 bits per heavy atom. The van der Waals surface area contributed by atoms with Crippen LogP contribution in [0.5, 0.6) is 0 Å². The fourth-order valence-electron chi connectivity index (χ4n) is 4.51. The molecule has 0 aromatic rings. The fourth-order valence-corrected chi connectivity index (χ4v) is 4.51. The molecule has 2 rings (SSSR count). The molecule has 0 aromatic carbocycles. The molecule has 0 aliphatic heterocycles. The Morgan fingerprint density at radius 1 is 0.957 bits per heavy atom. The molecule has 0 heterocycles. The van der Waals surface area contributed by atoms with Gasteiger partial charge in [-0.15, -0.1) is 0 Å². The summed E-state index contributed by atoms with van der Waals surface area (Å²) < 4.78 is 5.57. The third-order valence-electron chi connectivity index (χ3n) is 6.16. The van der Waals surface area contributed by atoms with Gasteiger partial charge in [0.25, 0.3) is 0 Å². The van der Waals surface area contributed by atoms with Gasteiger partial charge >= 0.3 is 5.97 Å². The number of carbonyl (C=O) groups is 1. The Labute approximate surface area is 141 Å². The van der Waals surface area contributed by atoms with E-state index in [2.05, 4.69) is 13.8 Å². The number of aliphatic hydroxyl groups is 1. The molecule has 0 amide bonds. The van der Waals surface area contributed by atoms with Gasteiger partial charge in [-0.3, -0.25) is 0 Å². The third-order valence-corrected chi connectivity index (χ3v) is 6.16. The molecular formula is C20H34O3. The predicted molar refractivity (Wildman–Crippen MR) is 93.0 cm³/mol. The zero-order valence-corrected chi connectivity index (χ0v) is 15.3. The number of hydrogen-bond acceptors (Lipinski definition) is 3. The highest BCUT2D eigenvalue weighted by Gasteiger charge is 2.40. The Balaban J connectivity index is 1.83. The first kappa shape index (κ1) is 18.5. The number of hydrogen-bond donors (Lipinski definition) is 1. The summed E-state index contributed by atoms with van der Waals surface area (Å²) in [6.45, 7) is 8.66. The van der Waals surface area contributed by atoms with E-state index in [1.165, 1.54) is 0 Å². The highest BCUT2D eigenvalue weighted by Crippen LogP contribution is 2.48. The number of carbonyl (C=O) groups excluding carboxylic acids is 1. The van der Waals surface area contributed by atoms with Crippen LogP contribution in [0.4, 0.5) is 0 Å². The lowest BCUT2D eigenvalue weighted by Crippen LogP contribution is -2.39. The lowest BCUT2D eigenvalue weighted by atomic mass is 9.60. The van der Waals surface area contributed by atoms with E-state index in [0.29, 0.717) is 11.3 Å². The SMILES string of the molecule is CC(C)=CC(=O)OC1CCC(C(C)(C)C2CCC(O)CC2)CC1. The van der Waals surface area contributed by atoms with Crippen LogP contribution >= 0.6 is 0 Å². The first-order valence-electron chi connectivity index (χ1n) is 9.32. The maximum Gasteiger partial charge on any atom is 0.330 e. The van der Waals surface area contributed by atoms with E-state index in [1.54, 1.807) is 6.08 Å². The minimum atomic E-state index is -0.186. The van der Waals surface area contributed by atoms with Crippen LogP contribution in [0.1, 0.15) is 79.1 Å². The zero-order valence-electron chi connectivity index (χ0n) is 15.3. The molecule has 3 nitrogen and oxygen atoms in total. The van der Waals surface area contributed by atoms with E-state index >= 15 is 0 Å². The molecule has 0 unspecified atom stereocenters. The highest BCUT2D eigenvalue weighted by atomic mass is 16.5.